The molecule has 0 amide bonds. The van der Waals surface area contributed by atoms with Crippen molar-refractivity contribution in [3.05, 3.63) is 239 Å². The van der Waals surface area contributed by atoms with Crippen molar-refractivity contribution in [3.8, 4) is 67.5 Å². The van der Waals surface area contributed by atoms with Gasteiger partial charge in [0.2, 0.25) is 0 Å². The van der Waals surface area contributed by atoms with Crippen LogP contribution in [-0.2, 0) is 46.6 Å². The van der Waals surface area contributed by atoms with Crippen LogP contribution in [0.4, 0.5) is 0 Å². The Bertz CT molecular complexity index is 5630. The van der Waals surface area contributed by atoms with Crippen LogP contribution in [0.15, 0.2) is 194 Å². The number of hydrogen-bond acceptors (Lipinski definition) is 4. The van der Waals surface area contributed by atoms with E-state index in [4.69, 9.17) is 19.4 Å². The molecule has 0 N–H and O–H groups in total. The summed E-state index contributed by atoms with van der Waals surface area (Å²) in [5.41, 5.74) is 25.8. The standard InChI is InChI=1S/C92H86N4O2/c1-87(2,3)57-43-65(83-71(47-57)91(13,14)73-49-59(89(7,8)9)45-67(85(73)97-83)55-31-37-79-69(41-55)63-23-19-21-25-77(63)95(79)17)53-27-33-61-51(39-53)29-35-75-81(61)94-82-62-34-28-54(40-52(62)30-36-76(82)93-75)66-44-58(88(4,5)6)48-72-84(66)98-86-68(46-60(90(10,11)12)50-74(86)92(72,15)16)56-32-38-80-70(42-56)64-24-20-22-26-78(64)96(80)18/h19-50H,1-18H3. The molecule has 0 fully saturated rings. The van der Waals surface area contributed by atoms with Crippen LogP contribution in [0.1, 0.15) is 155 Å². The molecule has 98 heavy (non-hydrogen) atoms. The molecule has 486 valence electrons. The van der Waals surface area contributed by atoms with E-state index in [9.17, 15) is 0 Å². The van der Waals surface area contributed by atoms with Crippen LogP contribution in [0.25, 0.3) is 132 Å². The molecule has 0 atom stereocenters. The minimum absolute atomic E-state index is 0.105. The number of hydrogen-bond donors (Lipinski definition) is 0. The first kappa shape index (κ1) is 61.5. The Morgan fingerprint density at radius 2 is 0.602 bits per heavy atom. The highest BCUT2D eigenvalue weighted by atomic mass is 16.5. The molecular formula is C92H86N4O2. The van der Waals surface area contributed by atoms with Gasteiger partial charge in [0.25, 0.3) is 0 Å². The predicted octanol–water partition coefficient (Wildman–Crippen LogP) is 25.1. The fourth-order valence-electron chi connectivity index (χ4n) is 16.2. The van der Waals surface area contributed by atoms with E-state index in [0.717, 1.165) is 111 Å². The quantitative estimate of drug-likeness (QED) is 0.130. The monoisotopic (exact) mass is 1280 g/mol. The van der Waals surface area contributed by atoms with Gasteiger partial charge in [-0.3, -0.25) is 0 Å². The minimum Gasteiger partial charge on any atom is -0.455 e. The predicted molar refractivity (Wildman–Crippen MR) is 414 cm³/mol. The summed E-state index contributed by atoms with van der Waals surface area (Å²) in [5.74, 6) is 3.65. The van der Waals surface area contributed by atoms with E-state index in [1.807, 2.05) is 0 Å². The van der Waals surface area contributed by atoms with E-state index in [1.165, 1.54) is 88.1 Å². The van der Waals surface area contributed by atoms with Gasteiger partial charge in [-0.05, 0) is 162 Å². The van der Waals surface area contributed by atoms with Crippen molar-refractivity contribution in [2.45, 2.75) is 143 Å². The van der Waals surface area contributed by atoms with Crippen LogP contribution in [0.2, 0.25) is 0 Å². The topological polar surface area (TPSA) is 54.1 Å². The van der Waals surface area contributed by atoms with E-state index in [2.05, 4.69) is 328 Å². The van der Waals surface area contributed by atoms with Gasteiger partial charge in [-0.1, -0.05) is 220 Å². The Morgan fingerprint density at radius 1 is 0.296 bits per heavy atom. The molecule has 0 spiro atoms. The highest BCUT2D eigenvalue weighted by Crippen LogP contribution is 2.59. The fraction of sp³-hybridized carbons (Fsp3) is 0.261. The number of aryl methyl sites for hydroxylation is 2. The number of aromatic nitrogens is 4. The van der Waals surface area contributed by atoms with E-state index >= 15 is 0 Å². The summed E-state index contributed by atoms with van der Waals surface area (Å²) >= 11 is 0. The Morgan fingerprint density at radius 3 is 0.939 bits per heavy atom. The zero-order chi connectivity index (χ0) is 68.4. The molecular weight excluding hydrogens is 1190 g/mol. The summed E-state index contributed by atoms with van der Waals surface area (Å²) in [6, 6.07) is 73.1. The number of benzene rings is 12. The SMILES string of the molecule is Cn1c2ccccc2c2cc(-c3cc(C(C)(C)C)cc4c3Oc3c(-c5ccc6c(ccc7nc8ccc9cc(-c%10cc(C(C)(C)C)cc%11c%10Oc%10c(-c%12ccc%13c(c%12)c%12ccccc%12n%13C)cc(C(C)(C)C)cc%10C%11(C)C)ccc9c8nc76)c5)cc(C(C)(C)C)cc3C4(C)C)ccc21. The lowest BCUT2D eigenvalue weighted by molar-refractivity contribution is 0.417. The average Bonchev–Trinajstić information content (AvgIpc) is 1.30. The summed E-state index contributed by atoms with van der Waals surface area (Å²) in [6.07, 6.45) is 0. The molecule has 0 bridgehead atoms. The van der Waals surface area contributed by atoms with Crippen LogP contribution in [0.5, 0.6) is 23.0 Å². The van der Waals surface area contributed by atoms with Gasteiger partial charge in [0, 0.05) is 124 Å². The molecule has 0 aliphatic carbocycles. The third-order valence-electron chi connectivity index (χ3n) is 22.4. The van der Waals surface area contributed by atoms with E-state index in [0.29, 0.717) is 0 Å². The van der Waals surface area contributed by atoms with Gasteiger partial charge in [0.15, 0.2) is 0 Å². The lowest BCUT2D eigenvalue weighted by atomic mass is 9.70. The maximum absolute atomic E-state index is 7.63. The van der Waals surface area contributed by atoms with Gasteiger partial charge >= 0.3 is 0 Å². The summed E-state index contributed by atoms with van der Waals surface area (Å²) in [7, 11) is 4.34. The summed E-state index contributed by atoms with van der Waals surface area (Å²) in [4.78, 5) is 11.0. The number of nitrogens with zero attached hydrogens (tertiary/aromatic N) is 4. The molecule has 6 nitrogen and oxygen atoms in total. The maximum Gasteiger partial charge on any atom is 0.139 e. The van der Waals surface area contributed by atoms with E-state index in [1.54, 1.807) is 0 Å². The third kappa shape index (κ3) is 9.32. The molecule has 0 saturated carbocycles. The van der Waals surface area contributed by atoms with Crippen LogP contribution in [-0.4, -0.2) is 19.1 Å². The first-order chi connectivity index (χ1) is 46.4. The molecule has 6 heteroatoms. The van der Waals surface area contributed by atoms with Crippen LogP contribution in [0.3, 0.4) is 0 Å². The van der Waals surface area contributed by atoms with Gasteiger partial charge in [-0.2, -0.15) is 0 Å². The minimum atomic E-state index is -0.408. The van der Waals surface area contributed by atoms with Crippen molar-refractivity contribution in [1.29, 1.82) is 0 Å². The highest BCUT2D eigenvalue weighted by Gasteiger charge is 2.42. The number of para-hydroxylation sites is 2. The van der Waals surface area contributed by atoms with Crippen molar-refractivity contribution in [3.63, 3.8) is 0 Å². The van der Waals surface area contributed by atoms with Crippen molar-refractivity contribution in [2.75, 3.05) is 0 Å². The zero-order valence-electron chi connectivity index (χ0n) is 60.1. The molecule has 3 aromatic heterocycles. The Balaban J connectivity index is 0.786. The second kappa shape index (κ2) is 20.8. The first-order valence-corrected chi connectivity index (χ1v) is 35.0. The van der Waals surface area contributed by atoms with Crippen LogP contribution in [0, 0.1) is 0 Å². The van der Waals surface area contributed by atoms with E-state index in [-0.39, 0.29) is 21.7 Å². The largest absolute Gasteiger partial charge is 0.455 e. The second-order valence-electron chi connectivity index (χ2n) is 33.6. The number of fused-ring (bicyclic) bond motifs is 16. The number of ether oxygens (including phenoxy) is 2. The smallest absolute Gasteiger partial charge is 0.139 e. The Hall–Kier alpha value is -10.0. The van der Waals surface area contributed by atoms with E-state index < -0.39 is 10.8 Å². The molecule has 0 unspecified atom stereocenters. The first-order valence-electron chi connectivity index (χ1n) is 35.0. The third-order valence-corrected chi connectivity index (χ3v) is 22.4. The molecule has 5 heterocycles. The average molecular weight is 1280 g/mol. The van der Waals surface area contributed by atoms with Crippen molar-refractivity contribution in [1.82, 2.24) is 19.1 Å². The summed E-state index contributed by atoms with van der Waals surface area (Å²) in [6.45, 7) is 37.4. The second-order valence-corrected chi connectivity index (χ2v) is 33.6. The fourth-order valence-corrected chi connectivity index (χ4v) is 16.2. The van der Waals surface area contributed by atoms with Gasteiger partial charge in [0.1, 0.15) is 23.0 Å². The molecule has 0 saturated heterocycles. The van der Waals surface area contributed by atoms with Gasteiger partial charge in [-0.15, -0.1) is 0 Å². The Kier molecular flexibility index (Phi) is 13.0. The van der Waals surface area contributed by atoms with Gasteiger partial charge < -0.3 is 18.6 Å². The zero-order valence-corrected chi connectivity index (χ0v) is 60.1. The summed E-state index contributed by atoms with van der Waals surface area (Å²) < 4.78 is 19.9. The van der Waals surface area contributed by atoms with Crippen LogP contribution >= 0.6 is 0 Å². The molecule has 0 radical (unpaired) electrons. The normalized spacial score (nSPS) is 14.6. The van der Waals surface area contributed by atoms with Gasteiger partial charge in [0.05, 0.1) is 22.1 Å². The van der Waals surface area contributed by atoms with Crippen molar-refractivity contribution >= 4 is 87.2 Å². The lowest BCUT2D eigenvalue weighted by Crippen LogP contribution is -2.27. The van der Waals surface area contributed by atoms with Crippen LogP contribution < -0.4 is 9.47 Å². The molecule has 15 aromatic rings. The van der Waals surface area contributed by atoms with Crippen molar-refractivity contribution in [2.24, 2.45) is 14.1 Å². The lowest BCUT2D eigenvalue weighted by Gasteiger charge is -2.39. The van der Waals surface area contributed by atoms with Gasteiger partial charge in [-0.25, -0.2) is 9.97 Å². The molecule has 2 aliphatic heterocycles. The van der Waals surface area contributed by atoms with Crippen molar-refractivity contribution < 1.29 is 9.47 Å². The highest BCUT2D eigenvalue weighted by molar-refractivity contribution is 6.13. The number of rotatable bonds is 4. The Labute approximate surface area is 575 Å². The molecule has 17 rings (SSSR count). The molecule has 12 aromatic carbocycles. The molecule has 2 aliphatic rings. The summed E-state index contributed by atoms with van der Waals surface area (Å²) in [5, 5.41) is 9.28. The maximum atomic E-state index is 7.63.